The zero-order chi connectivity index (χ0) is 20.4. The molecule has 144 valence electrons. The first-order valence-corrected chi connectivity index (χ1v) is 10.1. The van der Waals surface area contributed by atoms with Crippen LogP contribution in [0.15, 0.2) is 42.5 Å². The normalized spacial score (nSPS) is 11.7. The summed E-state index contributed by atoms with van der Waals surface area (Å²) in [7, 11) is -3.51. The number of nitrogens with one attached hydrogen (secondary N) is 2. The van der Waals surface area contributed by atoms with E-state index in [0.29, 0.717) is 5.56 Å². The number of hydrogen-bond acceptors (Lipinski definition) is 4. The summed E-state index contributed by atoms with van der Waals surface area (Å²) in [6.07, 6.45) is 1.00. The molecule has 27 heavy (non-hydrogen) atoms. The van der Waals surface area contributed by atoms with E-state index in [2.05, 4.69) is 30.8 Å². The number of sulfonamides is 1. The molecule has 2 rings (SSSR count). The lowest BCUT2D eigenvalue weighted by Gasteiger charge is -2.19. The van der Waals surface area contributed by atoms with E-state index in [4.69, 9.17) is 5.73 Å². The van der Waals surface area contributed by atoms with Gasteiger partial charge in [0.05, 0.1) is 23.2 Å². The van der Waals surface area contributed by atoms with Gasteiger partial charge in [0.2, 0.25) is 10.0 Å². The highest BCUT2D eigenvalue weighted by Crippen LogP contribution is 2.24. The van der Waals surface area contributed by atoms with Crippen LogP contribution in [0, 0.1) is 0 Å². The number of rotatable bonds is 5. The number of carbonyl (C=O) groups excluding carboxylic acids is 2. The van der Waals surface area contributed by atoms with Crippen LogP contribution in [0.3, 0.4) is 0 Å². The highest BCUT2D eigenvalue weighted by molar-refractivity contribution is 7.92. The van der Waals surface area contributed by atoms with Crippen molar-refractivity contribution in [3.05, 3.63) is 59.2 Å². The number of primary amides is 1. The van der Waals surface area contributed by atoms with Gasteiger partial charge in [-0.05, 0) is 41.3 Å². The van der Waals surface area contributed by atoms with Crippen LogP contribution in [-0.4, -0.2) is 26.5 Å². The fourth-order valence-corrected chi connectivity index (χ4v) is 3.01. The number of hydrogen-bond donors (Lipinski definition) is 3. The van der Waals surface area contributed by atoms with Crippen molar-refractivity contribution in [2.45, 2.75) is 26.2 Å². The first-order valence-electron chi connectivity index (χ1n) is 8.20. The van der Waals surface area contributed by atoms with Gasteiger partial charge in [-0.3, -0.25) is 14.3 Å². The molecule has 0 saturated carbocycles. The Kier molecular flexibility index (Phi) is 5.60. The van der Waals surface area contributed by atoms with E-state index in [1.807, 2.05) is 12.1 Å². The lowest BCUT2D eigenvalue weighted by atomic mass is 9.86. The molecule has 4 N–H and O–H groups in total. The maximum atomic E-state index is 12.5. The molecule has 0 heterocycles. The molecule has 0 aliphatic heterocycles. The van der Waals surface area contributed by atoms with Gasteiger partial charge in [0, 0.05) is 5.56 Å². The molecule has 0 aliphatic carbocycles. The molecular formula is C19H23N3O4S. The predicted octanol–water partition coefficient (Wildman–Crippen LogP) is 2.71. The third-order valence-corrected chi connectivity index (χ3v) is 4.46. The van der Waals surface area contributed by atoms with E-state index < -0.39 is 21.8 Å². The zero-order valence-electron chi connectivity index (χ0n) is 15.7. The monoisotopic (exact) mass is 389 g/mol. The highest BCUT2D eigenvalue weighted by Gasteiger charge is 2.16. The van der Waals surface area contributed by atoms with E-state index in [1.54, 1.807) is 12.1 Å². The van der Waals surface area contributed by atoms with Gasteiger partial charge in [0.1, 0.15) is 0 Å². The van der Waals surface area contributed by atoms with E-state index in [-0.39, 0.29) is 22.4 Å². The summed E-state index contributed by atoms with van der Waals surface area (Å²) >= 11 is 0. The lowest BCUT2D eigenvalue weighted by molar-refractivity contribution is 0.100. The molecule has 0 unspecified atom stereocenters. The van der Waals surface area contributed by atoms with Crippen LogP contribution >= 0.6 is 0 Å². The van der Waals surface area contributed by atoms with Gasteiger partial charge in [0.25, 0.3) is 11.8 Å². The largest absolute Gasteiger partial charge is 0.366 e. The Bertz CT molecular complexity index is 975. The maximum Gasteiger partial charge on any atom is 0.255 e. The first kappa shape index (κ1) is 20.4. The number of anilines is 2. The summed E-state index contributed by atoms with van der Waals surface area (Å²) in [4.78, 5) is 24.2. The first-order chi connectivity index (χ1) is 12.4. The molecule has 0 spiro atoms. The Balaban J connectivity index is 2.32. The van der Waals surface area contributed by atoms with E-state index in [0.717, 1.165) is 11.8 Å². The third kappa shape index (κ3) is 5.55. The quantitative estimate of drug-likeness (QED) is 0.728. The summed E-state index contributed by atoms with van der Waals surface area (Å²) in [6, 6.07) is 11.2. The Morgan fingerprint density at radius 2 is 1.59 bits per heavy atom. The Morgan fingerprint density at radius 1 is 1.00 bits per heavy atom. The summed E-state index contributed by atoms with van der Waals surface area (Å²) in [5.74, 6) is -1.17. The number of benzene rings is 2. The van der Waals surface area contributed by atoms with Crippen molar-refractivity contribution in [2.24, 2.45) is 5.73 Å². The van der Waals surface area contributed by atoms with Gasteiger partial charge >= 0.3 is 0 Å². The summed E-state index contributed by atoms with van der Waals surface area (Å²) in [5, 5.41) is 2.62. The molecule has 0 aromatic heterocycles. The standard InChI is InChI=1S/C19H23N3O4S/c1-19(2,3)13-7-5-12(6-8-13)18(24)21-16-11-14(22-27(4,25)26)9-10-15(16)17(20)23/h5-11,22H,1-4H3,(H2,20,23)(H,21,24). The SMILES string of the molecule is CC(C)(C)c1ccc(C(=O)Nc2cc(NS(C)(=O)=O)ccc2C(N)=O)cc1. The molecule has 8 heteroatoms. The molecule has 0 aliphatic rings. The fraction of sp³-hybridized carbons (Fsp3) is 0.263. The van der Waals surface area contributed by atoms with Gasteiger partial charge in [-0.1, -0.05) is 32.9 Å². The highest BCUT2D eigenvalue weighted by atomic mass is 32.2. The number of nitrogens with two attached hydrogens (primary N) is 1. The van der Waals surface area contributed by atoms with E-state index >= 15 is 0 Å². The smallest absolute Gasteiger partial charge is 0.255 e. The minimum Gasteiger partial charge on any atom is -0.366 e. The Morgan fingerprint density at radius 3 is 2.07 bits per heavy atom. The molecule has 0 saturated heterocycles. The van der Waals surface area contributed by atoms with Crippen LogP contribution in [0.2, 0.25) is 0 Å². The molecule has 0 atom stereocenters. The van der Waals surface area contributed by atoms with Gasteiger partial charge in [-0.2, -0.15) is 0 Å². The van der Waals surface area contributed by atoms with Crippen molar-refractivity contribution in [1.29, 1.82) is 0 Å². The maximum absolute atomic E-state index is 12.5. The van der Waals surface area contributed by atoms with E-state index in [9.17, 15) is 18.0 Å². The van der Waals surface area contributed by atoms with E-state index in [1.165, 1.54) is 18.2 Å². The molecule has 2 aromatic rings. The van der Waals surface area contributed by atoms with Crippen molar-refractivity contribution < 1.29 is 18.0 Å². The summed E-state index contributed by atoms with van der Waals surface area (Å²) in [5.41, 5.74) is 7.20. The van der Waals surface area contributed by atoms with Gasteiger partial charge in [0.15, 0.2) is 0 Å². The molecule has 2 amide bonds. The number of amides is 2. The van der Waals surface area contributed by atoms with Crippen molar-refractivity contribution in [3.8, 4) is 0 Å². The van der Waals surface area contributed by atoms with Crippen LogP contribution < -0.4 is 15.8 Å². The Labute approximate surface area is 159 Å². The van der Waals surface area contributed by atoms with Crippen LogP contribution in [0.5, 0.6) is 0 Å². The minimum atomic E-state index is -3.51. The number of carbonyl (C=O) groups is 2. The van der Waals surface area contributed by atoms with Gasteiger partial charge < -0.3 is 11.1 Å². The second-order valence-electron chi connectivity index (χ2n) is 7.28. The van der Waals surface area contributed by atoms with Crippen LogP contribution in [0.4, 0.5) is 11.4 Å². The zero-order valence-corrected chi connectivity index (χ0v) is 16.5. The van der Waals surface area contributed by atoms with Gasteiger partial charge in [-0.25, -0.2) is 8.42 Å². The molecule has 0 bridgehead atoms. The second-order valence-corrected chi connectivity index (χ2v) is 9.03. The molecule has 7 nitrogen and oxygen atoms in total. The van der Waals surface area contributed by atoms with Crippen molar-refractivity contribution in [1.82, 2.24) is 0 Å². The summed E-state index contributed by atoms with van der Waals surface area (Å²) < 4.78 is 25.1. The van der Waals surface area contributed by atoms with Crippen LogP contribution in [0.1, 0.15) is 47.1 Å². The fourth-order valence-electron chi connectivity index (χ4n) is 2.46. The topological polar surface area (TPSA) is 118 Å². The minimum absolute atomic E-state index is 0.0419. The summed E-state index contributed by atoms with van der Waals surface area (Å²) in [6.45, 7) is 6.21. The van der Waals surface area contributed by atoms with Crippen molar-refractivity contribution in [3.63, 3.8) is 0 Å². The van der Waals surface area contributed by atoms with Crippen LogP contribution in [0.25, 0.3) is 0 Å². The average molecular weight is 389 g/mol. The molecular weight excluding hydrogens is 366 g/mol. The van der Waals surface area contributed by atoms with Crippen molar-refractivity contribution in [2.75, 3.05) is 16.3 Å². The molecule has 2 aromatic carbocycles. The van der Waals surface area contributed by atoms with Crippen molar-refractivity contribution >= 4 is 33.2 Å². The molecule has 0 fully saturated rings. The second kappa shape index (κ2) is 7.40. The lowest BCUT2D eigenvalue weighted by Crippen LogP contribution is -2.19. The third-order valence-electron chi connectivity index (χ3n) is 3.85. The predicted molar refractivity (Wildman–Crippen MR) is 107 cm³/mol. The van der Waals surface area contributed by atoms with Crippen LogP contribution in [-0.2, 0) is 15.4 Å². The average Bonchev–Trinajstić information content (AvgIpc) is 2.52. The molecule has 0 radical (unpaired) electrons. The Hall–Kier alpha value is -2.87. The van der Waals surface area contributed by atoms with Gasteiger partial charge in [-0.15, -0.1) is 0 Å².